The maximum Gasteiger partial charge on any atom is 1.00 e. The van der Waals surface area contributed by atoms with Gasteiger partial charge in [0.1, 0.15) is 27.6 Å². The van der Waals surface area contributed by atoms with Crippen molar-refractivity contribution < 1.29 is 53.8 Å². The van der Waals surface area contributed by atoms with Crippen LogP contribution in [-0.2, 0) is 10.1 Å². The van der Waals surface area contributed by atoms with Crippen LogP contribution >= 0.6 is 0 Å². The molecule has 0 amide bonds. The van der Waals surface area contributed by atoms with Crippen LogP contribution in [0, 0.1) is 0 Å². The van der Waals surface area contributed by atoms with E-state index >= 15 is 0 Å². The molecule has 3 rings (SSSR count). The maximum atomic E-state index is 11.5. The minimum atomic E-state index is -4.53. The Kier molecular flexibility index (Phi) is 4.97. The summed E-state index contributed by atoms with van der Waals surface area (Å²) in [4.78, 5) is -0.470. The van der Waals surface area contributed by atoms with Gasteiger partial charge in [-0.25, -0.2) is 4.68 Å². The van der Waals surface area contributed by atoms with E-state index in [1.54, 1.807) is 24.3 Å². The molecule has 0 saturated heterocycles. The number of para-hydroxylation sites is 1. The first kappa shape index (κ1) is 17.7. The third-order valence-electron chi connectivity index (χ3n) is 3.12. The van der Waals surface area contributed by atoms with Crippen molar-refractivity contribution in [2.45, 2.75) is 4.90 Å². The van der Waals surface area contributed by atoms with Gasteiger partial charge in [0.25, 0.3) is 10.1 Å². The number of fused-ring (bicyclic) bond motifs is 1. The molecule has 2 aromatic carbocycles. The van der Waals surface area contributed by atoms with Gasteiger partial charge in [-0.05, 0) is 18.2 Å². The maximum absolute atomic E-state index is 11.5. The molecular weight excluding hydrogens is 333 g/mol. The number of aromatic hydroxyl groups is 1. The quantitative estimate of drug-likeness (QED) is 0.438. The number of hydrogen-bond acceptors (Lipinski definition) is 6. The SMILES string of the molecule is COc1cc(O)c(-n2nnc3ccccc32)cc1S(=O)(=O)O.[H-].[Na+]. The van der Waals surface area contributed by atoms with Gasteiger partial charge >= 0.3 is 29.6 Å². The van der Waals surface area contributed by atoms with Gasteiger partial charge in [0.15, 0.2) is 0 Å². The molecule has 0 atom stereocenters. The number of phenols is 1. The predicted molar refractivity (Wildman–Crippen MR) is 78.0 cm³/mol. The molecule has 0 bridgehead atoms. The van der Waals surface area contributed by atoms with Crippen molar-refractivity contribution in [3.63, 3.8) is 0 Å². The summed E-state index contributed by atoms with van der Waals surface area (Å²) in [5.74, 6) is -0.437. The molecule has 0 aliphatic carbocycles. The Balaban J connectivity index is 0.00000144. The fourth-order valence-electron chi connectivity index (χ4n) is 2.12. The summed E-state index contributed by atoms with van der Waals surface area (Å²) in [6.45, 7) is 0. The van der Waals surface area contributed by atoms with Crippen molar-refractivity contribution in [2.75, 3.05) is 7.11 Å². The molecule has 2 N–H and O–H groups in total. The molecule has 10 heteroatoms. The van der Waals surface area contributed by atoms with E-state index in [9.17, 15) is 18.1 Å². The van der Waals surface area contributed by atoms with Gasteiger partial charge in [-0.3, -0.25) is 4.55 Å². The molecule has 23 heavy (non-hydrogen) atoms. The number of aromatic nitrogens is 3. The van der Waals surface area contributed by atoms with Crippen molar-refractivity contribution in [2.24, 2.45) is 0 Å². The molecule has 1 heterocycles. The largest absolute Gasteiger partial charge is 1.00 e. The van der Waals surface area contributed by atoms with Gasteiger partial charge in [0.05, 0.1) is 12.6 Å². The average Bonchev–Trinajstić information content (AvgIpc) is 2.89. The standard InChI is InChI=1S/C13H11N3O5S.Na.H/c1-21-12-7-11(17)10(6-13(12)22(18,19)20)16-9-5-3-2-4-8(9)14-15-16;;/h2-7,17H,1H3,(H,18,19,20);;/q;+1;-1. The Bertz CT molecular complexity index is 977. The van der Waals surface area contributed by atoms with Crippen molar-refractivity contribution in [3.8, 4) is 17.2 Å². The van der Waals surface area contributed by atoms with Crippen LogP contribution in [-0.4, -0.2) is 40.2 Å². The molecule has 1 aromatic heterocycles. The number of ether oxygens (including phenoxy) is 1. The van der Waals surface area contributed by atoms with Crippen LogP contribution in [0.2, 0.25) is 0 Å². The van der Waals surface area contributed by atoms with Crippen LogP contribution in [0.25, 0.3) is 16.7 Å². The molecule has 0 aliphatic rings. The molecule has 116 valence electrons. The van der Waals surface area contributed by atoms with E-state index in [1.807, 2.05) is 0 Å². The number of methoxy groups -OCH3 is 1. The minimum Gasteiger partial charge on any atom is -1.00 e. The van der Waals surface area contributed by atoms with Gasteiger partial charge in [-0.15, -0.1) is 5.10 Å². The minimum absolute atomic E-state index is 0. The second-order valence-corrected chi connectivity index (χ2v) is 5.85. The summed E-state index contributed by atoms with van der Waals surface area (Å²) in [5, 5.41) is 17.9. The zero-order valence-corrected chi connectivity index (χ0v) is 15.1. The number of nitrogens with zero attached hydrogens (tertiary/aromatic N) is 3. The summed E-state index contributed by atoms with van der Waals surface area (Å²) < 4.78 is 38.4. The molecule has 3 aromatic rings. The Morgan fingerprint density at radius 1 is 1.26 bits per heavy atom. The molecule has 0 radical (unpaired) electrons. The van der Waals surface area contributed by atoms with E-state index in [-0.39, 0.29) is 48.2 Å². The first-order chi connectivity index (χ1) is 10.4. The average molecular weight is 345 g/mol. The second-order valence-electron chi connectivity index (χ2n) is 4.46. The van der Waals surface area contributed by atoms with E-state index in [4.69, 9.17) is 4.74 Å². The number of benzene rings is 2. The van der Waals surface area contributed by atoms with Crippen molar-refractivity contribution in [1.29, 1.82) is 0 Å². The zero-order chi connectivity index (χ0) is 15.9. The molecule has 0 spiro atoms. The molecule has 0 saturated carbocycles. The van der Waals surface area contributed by atoms with E-state index in [0.717, 1.165) is 12.1 Å². The van der Waals surface area contributed by atoms with Gasteiger partial charge in [-0.2, -0.15) is 8.42 Å². The van der Waals surface area contributed by atoms with Crippen LogP contribution in [0.4, 0.5) is 0 Å². The van der Waals surface area contributed by atoms with Crippen molar-refractivity contribution in [3.05, 3.63) is 36.4 Å². The summed E-state index contributed by atoms with van der Waals surface area (Å²) in [6.07, 6.45) is 0. The fourth-order valence-corrected chi connectivity index (χ4v) is 2.77. The van der Waals surface area contributed by atoms with Crippen LogP contribution in [0.3, 0.4) is 0 Å². The fraction of sp³-hybridized carbons (Fsp3) is 0.0769. The number of rotatable bonds is 3. The normalized spacial score (nSPS) is 11.2. The summed E-state index contributed by atoms with van der Waals surface area (Å²) in [7, 11) is -3.30. The van der Waals surface area contributed by atoms with E-state index in [1.165, 1.54) is 11.8 Å². The van der Waals surface area contributed by atoms with Gasteiger partial charge in [0, 0.05) is 6.07 Å². The Labute approximate surface area is 155 Å². The van der Waals surface area contributed by atoms with Crippen LogP contribution in [0.15, 0.2) is 41.3 Å². The predicted octanol–water partition coefficient (Wildman–Crippen LogP) is -1.50. The summed E-state index contributed by atoms with van der Waals surface area (Å²) in [6, 6.07) is 9.14. The van der Waals surface area contributed by atoms with Gasteiger partial charge < -0.3 is 11.3 Å². The molecular formula is C13H12N3NaO5S. The number of phenolic OH excluding ortho intramolecular Hbond substituents is 1. The Hall–Kier alpha value is -1.65. The van der Waals surface area contributed by atoms with Crippen LogP contribution < -0.4 is 34.3 Å². The van der Waals surface area contributed by atoms with Crippen LogP contribution in [0.1, 0.15) is 1.43 Å². The Morgan fingerprint density at radius 2 is 1.96 bits per heavy atom. The monoisotopic (exact) mass is 345 g/mol. The third-order valence-corrected chi connectivity index (χ3v) is 3.99. The third kappa shape index (κ3) is 3.19. The van der Waals surface area contributed by atoms with E-state index in [2.05, 4.69) is 10.3 Å². The molecule has 0 unspecified atom stereocenters. The summed E-state index contributed by atoms with van der Waals surface area (Å²) >= 11 is 0. The summed E-state index contributed by atoms with van der Waals surface area (Å²) in [5.41, 5.74) is 1.21. The van der Waals surface area contributed by atoms with Gasteiger partial charge in [0.2, 0.25) is 0 Å². The smallest absolute Gasteiger partial charge is 1.00 e. The number of hydrogen-bond donors (Lipinski definition) is 2. The zero-order valence-electron chi connectivity index (χ0n) is 13.3. The first-order valence-electron chi connectivity index (χ1n) is 6.11. The van der Waals surface area contributed by atoms with Crippen LogP contribution in [0.5, 0.6) is 11.5 Å². The van der Waals surface area contributed by atoms with E-state index in [0.29, 0.717) is 11.0 Å². The first-order valence-corrected chi connectivity index (χ1v) is 7.55. The molecule has 0 fully saturated rings. The topological polar surface area (TPSA) is 115 Å². The molecule has 8 nitrogen and oxygen atoms in total. The van der Waals surface area contributed by atoms with Crippen molar-refractivity contribution in [1.82, 2.24) is 15.0 Å². The Morgan fingerprint density at radius 3 is 2.61 bits per heavy atom. The van der Waals surface area contributed by atoms with E-state index < -0.39 is 15.0 Å². The van der Waals surface area contributed by atoms with Gasteiger partial charge in [-0.1, -0.05) is 17.3 Å². The molecule has 0 aliphatic heterocycles. The second kappa shape index (κ2) is 6.46. The van der Waals surface area contributed by atoms with Crippen molar-refractivity contribution >= 4 is 21.2 Å².